The second kappa shape index (κ2) is 7.66. The number of ether oxygens (including phenoxy) is 2. The van der Waals surface area contributed by atoms with E-state index in [4.69, 9.17) is 9.47 Å². The monoisotopic (exact) mass is 386 g/mol. The highest BCUT2D eigenvalue weighted by atomic mass is 16.6. The zero-order chi connectivity index (χ0) is 20.5. The number of benzene rings is 1. The molecule has 1 aromatic carbocycles. The SMILES string of the molecule is C[C@@H](OC(=O)[C@@H]1CCCN1C(=O)OC(C)(C)C)C(=O)c1c[nH]c2ccccc12. The number of esters is 1. The normalized spacial score (nSPS) is 18.1. The molecule has 1 saturated heterocycles. The van der Waals surface area contributed by atoms with E-state index < -0.39 is 29.8 Å². The molecule has 2 aromatic rings. The number of amides is 1. The highest BCUT2D eigenvalue weighted by Gasteiger charge is 2.38. The molecule has 1 aliphatic rings. The first-order chi connectivity index (χ1) is 13.2. The molecule has 0 aliphatic carbocycles. The Morgan fingerprint density at radius 3 is 2.64 bits per heavy atom. The largest absolute Gasteiger partial charge is 0.453 e. The maximum absolute atomic E-state index is 12.8. The molecule has 1 amide bonds. The number of carbonyl (C=O) groups excluding carboxylic acids is 3. The lowest BCUT2D eigenvalue weighted by Crippen LogP contribution is -2.45. The maximum atomic E-state index is 12.8. The van der Waals surface area contributed by atoms with Gasteiger partial charge >= 0.3 is 12.1 Å². The van der Waals surface area contributed by atoms with Crippen molar-refractivity contribution in [1.29, 1.82) is 0 Å². The molecule has 0 bridgehead atoms. The van der Waals surface area contributed by atoms with Gasteiger partial charge in [-0.2, -0.15) is 0 Å². The second-order valence-corrected chi connectivity index (χ2v) is 8.02. The molecule has 1 aromatic heterocycles. The van der Waals surface area contributed by atoms with Crippen molar-refractivity contribution in [2.75, 3.05) is 6.54 Å². The van der Waals surface area contributed by atoms with Crippen molar-refractivity contribution in [3.8, 4) is 0 Å². The zero-order valence-electron chi connectivity index (χ0n) is 16.7. The number of nitrogens with zero attached hydrogens (tertiary/aromatic N) is 1. The van der Waals surface area contributed by atoms with Crippen molar-refractivity contribution < 1.29 is 23.9 Å². The van der Waals surface area contributed by atoms with E-state index in [0.717, 1.165) is 10.9 Å². The van der Waals surface area contributed by atoms with Gasteiger partial charge in [0.05, 0.1) is 0 Å². The van der Waals surface area contributed by atoms with Crippen LogP contribution in [0.4, 0.5) is 4.79 Å². The predicted molar refractivity (Wildman–Crippen MR) is 104 cm³/mol. The van der Waals surface area contributed by atoms with Gasteiger partial charge in [-0.3, -0.25) is 9.69 Å². The number of para-hydroxylation sites is 1. The van der Waals surface area contributed by atoms with Gasteiger partial charge in [0, 0.05) is 29.2 Å². The molecule has 3 rings (SSSR count). The lowest BCUT2D eigenvalue weighted by molar-refractivity contribution is -0.151. The number of ketones is 1. The predicted octanol–water partition coefficient (Wildman–Crippen LogP) is 3.68. The molecule has 150 valence electrons. The Labute approximate surface area is 164 Å². The van der Waals surface area contributed by atoms with E-state index in [1.54, 1.807) is 33.9 Å². The van der Waals surface area contributed by atoms with Crippen LogP contribution < -0.4 is 0 Å². The van der Waals surface area contributed by atoms with Crippen LogP contribution in [-0.4, -0.2) is 52.0 Å². The highest BCUT2D eigenvalue weighted by Crippen LogP contribution is 2.24. The van der Waals surface area contributed by atoms with Crippen LogP contribution in [0.2, 0.25) is 0 Å². The zero-order valence-corrected chi connectivity index (χ0v) is 16.7. The van der Waals surface area contributed by atoms with Crippen LogP contribution in [-0.2, 0) is 14.3 Å². The average molecular weight is 386 g/mol. The van der Waals surface area contributed by atoms with E-state index in [0.29, 0.717) is 24.9 Å². The summed E-state index contributed by atoms with van der Waals surface area (Å²) in [5, 5.41) is 0.784. The third kappa shape index (κ3) is 4.18. The summed E-state index contributed by atoms with van der Waals surface area (Å²) in [5.41, 5.74) is 0.676. The number of fused-ring (bicyclic) bond motifs is 1. The minimum atomic E-state index is -0.951. The molecule has 28 heavy (non-hydrogen) atoms. The Morgan fingerprint density at radius 1 is 1.21 bits per heavy atom. The van der Waals surface area contributed by atoms with E-state index in [9.17, 15) is 14.4 Å². The standard InChI is InChI=1S/C21H26N2O5/c1-13(18(24)15-12-22-16-9-6-5-8-14(15)16)27-19(25)17-10-7-11-23(17)20(26)28-21(2,3)4/h5-6,8-9,12-13,17,22H,7,10-11H2,1-4H3/t13-,17+/m1/s1. The average Bonchev–Trinajstić information content (AvgIpc) is 3.26. The van der Waals surface area contributed by atoms with Crippen LogP contribution in [0.15, 0.2) is 30.5 Å². The number of aromatic amines is 1. The molecule has 0 spiro atoms. The minimum absolute atomic E-state index is 0.285. The molecule has 2 heterocycles. The number of hydrogen-bond donors (Lipinski definition) is 1. The number of likely N-dealkylation sites (tertiary alicyclic amines) is 1. The van der Waals surface area contributed by atoms with E-state index in [2.05, 4.69) is 4.98 Å². The maximum Gasteiger partial charge on any atom is 0.411 e. The lowest BCUT2D eigenvalue weighted by atomic mass is 10.1. The summed E-state index contributed by atoms with van der Waals surface area (Å²) in [4.78, 5) is 42.2. The fourth-order valence-corrected chi connectivity index (χ4v) is 3.35. The number of hydrogen-bond acceptors (Lipinski definition) is 5. The van der Waals surface area contributed by atoms with Gasteiger partial charge in [-0.25, -0.2) is 9.59 Å². The van der Waals surface area contributed by atoms with Gasteiger partial charge in [0.15, 0.2) is 6.10 Å². The van der Waals surface area contributed by atoms with Crippen LogP contribution in [0.3, 0.4) is 0 Å². The lowest BCUT2D eigenvalue weighted by Gasteiger charge is -2.28. The Hall–Kier alpha value is -2.83. The molecule has 1 N–H and O–H groups in total. The quantitative estimate of drug-likeness (QED) is 0.640. The number of nitrogens with one attached hydrogen (secondary N) is 1. The van der Waals surface area contributed by atoms with Gasteiger partial charge in [0.2, 0.25) is 5.78 Å². The van der Waals surface area contributed by atoms with Crippen LogP contribution >= 0.6 is 0 Å². The Balaban J connectivity index is 1.68. The second-order valence-electron chi connectivity index (χ2n) is 8.02. The Kier molecular flexibility index (Phi) is 5.45. The molecule has 0 unspecified atom stereocenters. The fourth-order valence-electron chi connectivity index (χ4n) is 3.35. The summed E-state index contributed by atoms with van der Waals surface area (Å²) in [6.07, 6.45) is 1.31. The third-order valence-electron chi connectivity index (χ3n) is 4.67. The van der Waals surface area contributed by atoms with Crippen molar-refractivity contribution in [2.24, 2.45) is 0 Å². The van der Waals surface area contributed by atoms with E-state index in [1.165, 1.54) is 4.90 Å². The third-order valence-corrected chi connectivity index (χ3v) is 4.67. The number of aromatic nitrogens is 1. The molecule has 0 radical (unpaired) electrons. The molecule has 1 aliphatic heterocycles. The van der Waals surface area contributed by atoms with E-state index >= 15 is 0 Å². The van der Waals surface area contributed by atoms with Crippen LogP contribution in [0.25, 0.3) is 10.9 Å². The molecule has 7 heteroatoms. The molecular weight excluding hydrogens is 360 g/mol. The van der Waals surface area contributed by atoms with Crippen LogP contribution in [0.1, 0.15) is 50.9 Å². The first kappa shape index (κ1) is 19.9. The number of carbonyl (C=O) groups is 3. The summed E-state index contributed by atoms with van der Waals surface area (Å²) in [6.45, 7) is 7.30. The van der Waals surface area contributed by atoms with Gasteiger partial charge in [0.1, 0.15) is 11.6 Å². The van der Waals surface area contributed by atoms with Crippen molar-refractivity contribution >= 4 is 28.7 Å². The topological polar surface area (TPSA) is 88.7 Å². The van der Waals surface area contributed by atoms with Crippen LogP contribution in [0, 0.1) is 0 Å². The number of rotatable bonds is 4. The van der Waals surface area contributed by atoms with Gasteiger partial charge in [-0.15, -0.1) is 0 Å². The smallest absolute Gasteiger partial charge is 0.411 e. The molecular formula is C21H26N2O5. The van der Waals surface area contributed by atoms with Gasteiger partial charge < -0.3 is 14.5 Å². The summed E-state index contributed by atoms with van der Waals surface area (Å²) in [6, 6.07) is 6.71. The van der Waals surface area contributed by atoms with E-state index in [-0.39, 0.29) is 5.78 Å². The first-order valence-electron chi connectivity index (χ1n) is 9.48. The minimum Gasteiger partial charge on any atom is -0.453 e. The van der Waals surface area contributed by atoms with E-state index in [1.807, 2.05) is 24.3 Å². The van der Waals surface area contributed by atoms with Crippen LogP contribution in [0.5, 0.6) is 0 Å². The number of H-pyrrole nitrogens is 1. The van der Waals surface area contributed by atoms with Gasteiger partial charge in [-0.1, -0.05) is 18.2 Å². The summed E-state index contributed by atoms with van der Waals surface area (Å²) in [5.74, 6) is -0.864. The van der Waals surface area contributed by atoms with Gasteiger partial charge in [-0.05, 0) is 46.6 Å². The first-order valence-corrected chi connectivity index (χ1v) is 9.48. The van der Waals surface area contributed by atoms with Gasteiger partial charge in [0.25, 0.3) is 0 Å². The van der Waals surface area contributed by atoms with Crippen molar-refractivity contribution in [3.05, 3.63) is 36.0 Å². The Bertz CT molecular complexity index is 896. The summed E-state index contributed by atoms with van der Waals surface area (Å²) >= 11 is 0. The molecule has 2 atom stereocenters. The fraction of sp³-hybridized carbons (Fsp3) is 0.476. The molecule has 0 saturated carbocycles. The van der Waals surface area contributed by atoms with Crippen molar-refractivity contribution in [3.63, 3.8) is 0 Å². The summed E-state index contributed by atoms with van der Waals surface area (Å²) < 4.78 is 10.8. The molecule has 1 fully saturated rings. The Morgan fingerprint density at radius 2 is 1.93 bits per heavy atom. The summed E-state index contributed by atoms with van der Waals surface area (Å²) in [7, 11) is 0. The number of Topliss-reactive ketones (excluding diaryl/α,β-unsaturated/α-hetero) is 1. The van der Waals surface area contributed by atoms with Crippen molar-refractivity contribution in [2.45, 2.75) is 58.3 Å². The molecule has 7 nitrogen and oxygen atoms in total. The van der Waals surface area contributed by atoms with Crippen molar-refractivity contribution in [1.82, 2.24) is 9.88 Å². The highest BCUT2D eigenvalue weighted by molar-refractivity contribution is 6.10.